The van der Waals surface area contributed by atoms with Gasteiger partial charge in [-0.25, -0.2) is 9.78 Å². The Balaban J connectivity index is 2.21. The zero-order chi connectivity index (χ0) is 22.1. The summed E-state index contributed by atoms with van der Waals surface area (Å²) in [6, 6.07) is 7.84. The van der Waals surface area contributed by atoms with Gasteiger partial charge in [-0.15, -0.1) is 0 Å². The molecule has 0 spiro atoms. The SMILES string of the molecule is COC[C@H](C)Oc1cc(COC(C)=O)cc(C(=O)Nc2ccc(C(=O)OC)cn2)c1. The summed E-state index contributed by atoms with van der Waals surface area (Å²) in [6.45, 7) is 3.50. The first kappa shape index (κ1) is 22.8. The summed E-state index contributed by atoms with van der Waals surface area (Å²) < 4.78 is 20.5. The van der Waals surface area contributed by atoms with Crippen molar-refractivity contribution in [2.45, 2.75) is 26.6 Å². The number of benzene rings is 1. The summed E-state index contributed by atoms with van der Waals surface area (Å²) in [5, 5.41) is 2.65. The Morgan fingerprint density at radius 3 is 2.47 bits per heavy atom. The van der Waals surface area contributed by atoms with Crippen LogP contribution in [0.4, 0.5) is 5.82 Å². The standard InChI is InChI=1S/C21H24N2O7/c1-13(11-27-3)30-18-8-15(12-29-14(2)24)7-17(9-18)20(25)23-19-6-5-16(10-22-19)21(26)28-4/h5-10,13H,11-12H2,1-4H3,(H,22,23,25)/t13-/m0/s1. The number of hydrogen-bond donors (Lipinski definition) is 1. The number of carbonyl (C=O) groups excluding carboxylic acids is 3. The van der Waals surface area contributed by atoms with Crippen LogP contribution in [0.15, 0.2) is 36.5 Å². The molecule has 0 aliphatic carbocycles. The number of hydrogen-bond acceptors (Lipinski definition) is 8. The molecule has 1 amide bonds. The second-order valence-corrected chi connectivity index (χ2v) is 6.41. The van der Waals surface area contributed by atoms with E-state index < -0.39 is 17.8 Å². The highest BCUT2D eigenvalue weighted by Crippen LogP contribution is 2.21. The van der Waals surface area contributed by atoms with Gasteiger partial charge in [0.25, 0.3) is 5.91 Å². The average Bonchev–Trinajstić information content (AvgIpc) is 2.72. The van der Waals surface area contributed by atoms with Crippen molar-refractivity contribution in [2.75, 3.05) is 26.1 Å². The molecule has 160 valence electrons. The van der Waals surface area contributed by atoms with Gasteiger partial charge in [0, 0.05) is 25.8 Å². The number of methoxy groups -OCH3 is 2. The molecule has 0 aliphatic rings. The average molecular weight is 416 g/mol. The zero-order valence-corrected chi connectivity index (χ0v) is 17.3. The maximum Gasteiger partial charge on any atom is 0.339 e. The Labute approximate surface area is 174 Å². The molecule has 1 N–H and O–H groups in total. The van der Waals surface area contributed by atoms with Crippen LogP contribution in [-0.4, -0.2) is 49.8 Å². The second kappa shape index (κ2) is 10.9. The van der Waals surface area contributed by atoms with E-state index in [-0.39, 0.29) is 29.7 Å². The molecular weight excluding hydrogens is 392 g/mol. The Morgan fingerprint density at radius 1 is 1.10 bits per heavy atom. The molecule has 9 heteroatoms. The van der Waals surface area contributed by atoms with E-state index >= 15 is 0 Å². The quantitative estimate of drug-likeness (QED) is 0.621. The fraction of sp³-hybridized carbons (Fsp3) is 0.333. The van der Waals surface area contributed by atoms with Gasteiger partial charge in [0.2, 0.25) is 0 Å². The number of amides is 1. The van der Waals surface area contributed by atoms with Crippen LogP contribution in [-0.2, 0) is 25.6 Å². The van der Waals surface area contributed by atoms with Crippen LogP contribution in [0.25, 0.3) is 0 Å². The summed E-state index contributed by atoms with van der Waals surface area (Å²) in [7, 11) is 2.84. The van der Waals surface area contributed by atoms with Crippen molar-refractivity contribution in [3.8, 4) is 5.75 Å². The van der Waals surface area contributed by atoms with Gasteiger partial charge in [0.15, 0.2) is 0 Å². The molecule has 0 bridgehead atoms. The fourth-order valence-electron chi connectivity index (χ4n) is 2.52. The number of carbonyl (C=O) groups is 3. The first-order chi connectivity index (χ1) is 14.3. The Kier molecular flexibility index (Phi) is 8.30. The van der Waals surface area contributed by atoms with Crippen molar-refractivity contribution in [3.63, 3.8) is 0 Å². The van der Waals surface area contributed by atoms with Crippen molar-refractivity contribution in [2.24, 2.45) is 0 Å². The van der Waals surface area contributed by atoms with E-state index in [2.05, 4.69) is 15.0 Å². The normalized spacial score (nSPS) is 11.3. The lowest BCUT2D eigenvalue weighted by Gasteiger charge is -2.16. The minimum Gasteiger partial charge on any atom is -0.488 e. The first-order valence-corrected chi connectivity index (χ1v) is 9.11. The van der Waals surface area contributed by atoms with Crippen LogP contribution in [0.1, 0.15) is 40.1 Å². The van der Waals surface area contributed by atoms with E-state index in [1.807, 2.05) is 6.92 Å². The minimum atomic E-state index is -0.523. The Bertz CT molecular complexity index is 897. The van der Waals surface area contributed by atoms with Crippen LogP contribution in [0.5, 0.6) is 5.75 Å². The second-order valence-electron chi connectivity index (χ2n) is 6.41. The molecular formula is C21H24N2O7. The molecule has 0 aliphatic heterocycles. The molecule has 9 nitrogen and oxygen atoms in total. The van der Waals surface area contributed by atoms with Crippen LogP contribution in [0.2, 0.25) is 0 Å². The van der Waals surface area contributed by atoms with Crippen molar-refractivity contribution in [1.82, 2.24) is 4.98 Å². The number of esters is 2. The van der Waals surface area contributed by atoms with E-state index in [9.17, 15) is 14.4 Å². The largest absolute Gasteiger partial charge is 0.488 e. The summed E-state index contributed by atoms with van der Waals surface area (Å²) >= 11 is 0. The topological polar surface area (TPSA) is 113 Å². The third-order valence-electron chi connectivity index (χ3n) is 3.84. The molecule has 0 fully saturated rings. The molecule has 1 aromatic carbocycles. The zero-order valence-electron chi connectivity index (χ0n) is 17.3. The van der Waals surface area contributed by atoms with E-state index in [4.69, 9.17) is 14.2 Å². The third kappa shape index (κ3) is 6.85. The maximum atomic E-state index is 12.7. The van der Waals surface area contributed by atoms with Gasteiger partial charge in [-0.2, -0.15) is 0 Å². The molecule has 1 atom stereocenters. The highest BCUT2D eigenvalue weighted by molar-refractivity contribution is 6.04. The fourth-order valence-corrected chi connectivity index (χ4v) is 2.52. The van der Waals surface area contributed by atoms with Crippen molar-refractivity contribution >= 4 is 23.7 Å². The highest BCUT2D eigenvalue weighted by Gasteiger charge is 2.14. The number of ether oxygens (including phenoxy) is 4. The van der Waals surface area contributed by atoms with Gasteiger partial charge < -0.3 is 24.3 Å². The van der Waals surface area contributed by atoms with Gasteiger partial charge >= 0.3 is 11.9 Å². The smallest absolute Gasteiger partial charge is 0.339 e. The molecule has 0 unspecified atom stereocenters. The van der Waals surface area contributed by atoms with Crippen molar-refractivity contribution in [1.29, 1.82) is 0 Å². The third-order valence-corrected chi connectivity index (χ3v) is 3.84. The molecule has 0 saturated heterocycles. The molecule has 30 heavy (non-hydrogen) atoms. The minimum absolute atomic E-state index is 0.00243. The van der Waals surface area contributed by atoms with E-state index in [0.717, 1.165) is 0 Å². The number of rotatable bonds is 9. The van der Waals surface area contributed by atoms with Gasteiger partial charge in [0.1, 0.15) is 24.3 Å². The number of nitrogens with zero attached hydrogens (tertiary/aromatic N) is 1. The van der Waals surface area contributed by atoms with Crippen molar-refractivity contribution < 1.29 is 33.3 Å². The lowest BCUT2D eigenvalue weighted by Crippen LogP contribution is -2.19. The summed E-state index contributed by atoms with van der Waals surface area (Å²) in [5.41, 5.74) is 1.14. The van der Waals surface area contributed by atoms with E-state index in [1.165, 1.54) is 32.4 Å². The Hall–Kier alpha value is -3.46. The predicted octanol–water partition coefficient (Wildman–Crippen LogP) is 2.60. The van der Waals surface area contributed by atoms with E-state index in [0.29, 0.717) is 17.9 Å². The molecule has 1 aromatic heterocycles. The molecule has 0 radical (unpaired) electrons. The number of anilines is 1. The van der Waals surface area contributed by atoms with Crippen LogP contribution in [0.3, 0.4) is 0 Å². The first-order valence-electron chi connectivity index (χ1n) is 9.11. The van der Waals surface area contributed by atoms with Crippen LogP contribution >= 0.6 is 0 Å². The molecule has 1 heterocycles. The Morgan fingerprint density at radius 2 is 1.87 bits per heavy atom. The number of aromatic nitrogens is 1. The summed E-state index contributed by atoms with van der Waals surface area (Å²) in [6.07, 6.45) is 1.06. The molecule has 2 aromatic rings. The lowest BCUT2D eigenvalue weighted by atomic mass is 10.1. The van der Waals surface area contributed by atoms with Gasteiger partial charge in [-0.3, -0.25) is 9.59 Å². The number of nitrogens with one attached hydrogen (secondary N) is 1. The predicted molar refractivity (Wildman–Crippen MR) is 107 cm³/mol. The van der Waals surface area contributed by atoms with E-state index in [1.54, 1.807) is 25.3 Å². The van der Waals surface area contributed by atoms with Gasteiger partial charge in [-0.1, -0.05) is 0 Å². The summed E-state index contributed by atoms with van der Waals surface area (Å²) in [5.74, 6) is -0.709. The molecule has 0 saturated carbocycles. The lowest BCUT2D eigenvalue weighted by molar-refractivity contribution is -0.142. The van der Waals surface area contributed by atoms with Crippen molar-refractivity contribution in [3.05, 3.63) is 53.2 Å². The van der Waals surface area contributed by atoms with Crippen LogP contribution in [0, 0.1) is 0 Å². The van der Waals surface area contributed by atoms with Gasteiger partial charge in [0.05, 0.1) is 19.3 Å². The van der Waals surface area contributed by atoms with Crippen LogP contribution < -0.4 is 10.1 Å². The monoisotopic (exact) mass is 416 g/mol. The summed E-state index contributed by atoms with van der Waals surface area (Å²) in [4.78, 5) is 39.4. The highest BCUT2D eigenvalue weighted by atomic mass is 16.5. The maximum absolute atomic E-state index is 12.7. The molecule has 2 rings (SSSR count). The number of pyridine rings is 1. The van der Waals surface area contributed by atoms with Gasteiger partial charge in [-0.05, 0) is 42.8 Å².